The molecule has 31 heavy (non-hydrogen) atoms. The van der Waals surface area contributed by atoms with Crippen molar-refractivity contribution >= 4 is 18.0 Å². The molecule has 0 fully saturated rings. The molecule has 2 aromatic rings. The van der Waals surface area contributed by atoms with Gasteiger partial charge in [0, 0.05) is 5.57 Å². The summed E-state index contributed by atoms with van der Waals surface area (Å²) in [6.07, 6.45) is 4.78. The van der Waals surface area contributed by atoms with E-state index in [0.29, 0.717) is 36.0 Å². The molecule has 166 valence electrons. The first-order valence-electron chi connectivity index (χ1n) is 10.8. The zero-order valence-corrected chi connectivity index (χ0v) is 18.9. The molecule has 0 bridgehead atoms. The average Bonchev–Trinajstić information content (AvgIpc) is 2.79. The molecule has 0 aliphatic rings. The van der Waals surface area contributed by atoms with Gasteiger partial charge in [-0.2, -0.15) is 0 Å². The van der Waals surface area contributed by atoms with Crippen molar-refractivity contribution < 1.29 is 23.8 Å². The standard InChI is InChI=1S/C26H32O5/c1-5-7-16-29-23-14-10-22(11-15-23)26(28)31-24-12-8-21(9-13-24)17-20(4)25(27)30-18-19(3)6-2/h8-15,17,19H,5-7,16,18H2,1-4H3/t19-/m0/s1. The SMILES string of the molecule is CCCCOc1ccc(C(=O)Oc2ccc(C=C(C)C(=O)OC[C@@H](C)CC)cc2)cc1. The van der Waals surface area contributed by atoms with Crippen LogP contribution in [0.1, 0.15) is 62.9 Å². The molecule has 2 aromatic carbocycles. The van der Waals surface area contributed by atoms with Gasteiger partial charge >= 0.3 is 11.9 Å². The van der Waals surface area contributed by atoms with Gasteiger partial charge in [-0.05, 0) is 67.3 Å². The number of benzene rings is 2. The third kappa shape index (κ3) is 8.28. The van der Waals surface area contributed by atoms with E-state index in [1.54, 1.807) is 61.5 Å². The van der Waals surface area contributed by atoms with Gasteiger partial charge in [0.1, 0.15) is 11.5 Å². The number of unbranched alkanes of at least 4 members (excludes halogenated alkanes) is 1. The minimum Gasteiger partial charge on any atom is -0.494 e. The molecule has 5 heteroatoms. The van der Waals surface area contributed by atoms with Crippen LogP contribution < -0.4 is 9.47 Å². The van der Waals surface area contributed by atoms with Gasteiger partial charge in [-0.25, -0.2) is 9.59 Å². The zero-order valence-electron chi connectivity index (χ0n) is 18.9. The van der Waals surface area contributed by atoms with Crippen LogP contribution in [0, 0.1) is 5.92 Å². The van der Waals surface area contributed by atoms with E-state index in [9.17, 15) is 9.59 Å². The molecule has 0 aromatic heterocycles. The van der Waals surface area contributed by atoms with E-state index in [1.807, 2.05) is 6.92 Å². The van der Waals surface area contributed by atoms with E-state index in [0.717, 1.165) is 30.6 Å². The Labute approximate surface area is 185 Å². The molecular weight excluding hydrogens is 392 g/mol. The molecule has 0 unspecified atom stereocenters. The Bertz CT molecular complexity index is 866. The lowest BCUT2D eigenvalue weighted by molar-refractivity contribution is -0.140. The predicted molar refractivity (Wildman–Crippen MR) is 122 cm³/mol. The summed E-state index contributed by atoms with van der Waals surface area (Å²) in [6.45, 7) is 9.02. The lowest BCUT2D eigenvalue weighted by Gasteiger charge is -2.10. The van der Waals surface area contributed by atoms with Crippen LogP contribution in [-0.4, -0.2) is 25.2 Å². The molecule has 0 spiro atoms. The van der Waals surface area contributed by atoms with Crippen molar-refractivity contribution in [1.29, 1.82) is 0 Å². The Morgan fingerprint density at radius 3 is 2.23 bits per heavy atom. The van der Waals surface area contributed by atoms with Crippen molar-refractivity contribution in [2.24, 2.45) is 5.92 Å². The van der Waals surface area contributed by atoms with Crippen molar-refractivity contribution in [3.63, 3.8) is 0 Å². The van der Waals surface area contributed by atoms with Gasteiger partial charge in [0.2, 0.25) is 0 Å². The maximum Gasteiger partial charge on any atom is 0.343 e. The van der Waals surface area contributed by atoms with Crippen LogP contribution in [0.4, 0.5) is 0 Å². The van der Waals surface area contributed by atoms with Gasteiger partial charge in [0.15, 0.2) is 0 Å². The van der Waals surface area contributed by atoms with E-state index < -0.39 is 5.97 Å². The molecular formula is C26H32O5. The first-order chi connectivity index (χ1) is 14.9. The highest BCUT2D eigenvalue weighted by Gasteiger charge is 2.10. The highest BCUT2D eigenvalue weighted by molar-refractivity contribution is 5.93. The smallest absolute Gasteiger partial charge is 0.343 e. The van der Waals surface area contributed by atoms with Crippen molar-refractivity contribution in [1.82, 2.24) is 0 Å². The van der Waals surface area contributed by atoms with Gasteiger partial charge in [-0.1, -0.05) is 45.7 Å². The van der Waals surface area contributed by atoms with E-state index >= 15 is 0 Å². The maximum absolute atomic E-state index is 12.4. The fraction of sp³-hybridized carbons (Fsp3) is 0.385. The second kappa shape index (κ2) is 12.6. The monoisotopic (exact) mass is 424 g/mol. The van der Waals surface area contributed by atoms with Crippen molar-refractivity contribution in [3.8, 4) is 11.5 Å². The average molecular weight is 425 g/mol. The first kappa shape index (κ1) is 24.2. The summed E-state index contributed by atoms with van der Waals surface area (Å²) in [4.78, 5) is 24.4. The molecule has 0 saturated heterocycles. The van der Waals surface area contributed by atoms with Crippen LogP contribution in [0.3, 0.4) is 0 Å². The first-order valence-corrected chi connectivity index (χ1v) is 10.8. The Kier molecular flexibility index (Phi) is 9.82. The quantitative estimate of drug-likeness (QED) is 0.189. The lowest BCUT2D eigenvalue weighted by Crippen LogP contribution is -2.12. The summed E-state index contributed by atoms with van der Waals surface area (Å²) in [6, 6.07) is 13.9. The third-order valence-corrected chi connectivity index (χ3v) is 4.85. The summed E-state index contributed by atoms with van der Waals surface area (Å²) in [5.41, 5.74) is 1.80. The number of carbonyl (C=O) groups is 2. The Balaban J connectivity index is 1.91. The van der Waals surface area contributed by atoms with Crippen LogP contribution in [0.5, 0.6) is 11.5 Å². The lowest BCUT2D eigenvalue weighted by atomic mass is 10.1. The van der Waals surface area contributed by atoms with E-state index in [-0.39, 0.29) is 5.97 Å². The highest BCUT2D eigenvalue weighted by Crippen LogP contribution is 2.18. The Morgan fingerprint density at radius 2 is 1.61 bits per heavy atom. The van der Waals surface area contributed by atoms with Crippen molar-refractivity contribution in [2.45, 2.75) is 47.0 Å². The third-order valence-electron chi connectivity index (χ3n) is 4.85. The molecule has 0 N–H and O–H groups in total. The largest absolute Gasteiger partial charge is 0.494 e. The highest BCUT2D eigenvalue weighted by atomic mass is 16.5. The number of esters is 2. The molecule has 0 radical (unpaired) electrons. The number of hydrogen-bond acceptors (Lipinski definition) is 5. The van der Waals surface area contributed by atoms with Crippen molar-refractivity contribution in [2.75, 3.05) is 13.2 Å². The summed E-state index contributed by atoms with van der Waals surface area (Å²) < 4.78 is 16.3. The molecule has 0 amide bonds. The van der Waals surface area contributed by atoms with E-state index in [1.165, 1.54) is 0 Å². The number of hydrogen-bond donors (Lipinski definition) is 0. The number of carbonyl (C=O) groups excluding carboxylic acids is 2. The topological polar surface area (TPSA) is 61.8 Å². The fourth-order valence-electron chi connectivity index (χ4n) is 2.58. The van der Waals surface area contributed by atoms with E-state index in [2.05, 4.69) is 13.8 Å². The van der Waals surface area contributed by atoms with Crippen LogP contribution in [0.15, 0.2) is 54.1 Å². The van der Waals surface area contributed by atoms with Gasteiger partial charge in [0.25, 0.3) is 0 Å². The second-order valence-electron chi connectivity index (χ2n) is 7.62. The van der Waals surface area contributed by atoms with Gasteiger partial charge in [0.05, 0.1) is 18.8 Å². The van der Waals surface area contributed by atoms with Crippen molar-refractivity contribution in [3.05, 3.63) is 65.2 Å². The van der Waals surface area contributed by atoms with Gasteiger partial charge in [-0.3, -0.25) is 0 Å². The molecule has 0 aliphatic carbocycles. The van der Waals surface area contributed by atoms with Gasteiger partial charge < -0.3 is 14.2 Å². The second-order valence-corrected chi connectivity index (χ2v) is 7.62. The molecule has 5 nitrogen and oxygen atoms in total. The van der Waals surface area contributed by atoms with Gasteiger partial charge in [-0.15, -0.1) is 0 Å². The number of ether oxygens (including phenoxy) is 3. The van der Waals surface area contributed by atoms with Crippen LogP contribution in [0.25, 0.3) is 6.08 Å². The predicted octanol–water partition coefficient (Wildman–Crippen LogP) is 6.08. The zero-order chi connectivity index (χ0) is 22.6. The minimum absolute atomic E-state index is 0.321. The Morgan fingerprint density at radius 1 is 0.968 bits per heavy atom. The summed E-state index contributed by atoms with van der Waals surface area (Å²) in [5.74, 6) is 0.753. The molecule has 0 aliphatic heterocycles. The summed E-state index contributed by atoms with van der Waals surface area (Å²) in [5, 5.41) is 0. The van der Waals surface area contributed by atoms with Crippen LogP contribution in [0.2, 0.25) is 0 Å². The molecule has 0 heterocycles. The van der Waals surface area contributed by atoms with Crippen LogP contribution in [-0.2, 0) is 9.53 Å². The molecule has 1 atom stereocenters. The van der Waals surface area contributed by atoms with Crippen LogP contribution >= 0.6 is 0 Å². The minimum atomic E-state index is -0.437. The molecule has 2 rings (SSSR count). The summed E-state index contributed by atoms with van der Waals surface area (Å²) in [7, 11) is 0. The maximum atomic E-state index is 12.4. The number of rotatable bonds is 11. The summed E-state index contributed by atoms with van der Waals surface area (Å²) >= 11 is 0. The molecule has 0 saturated carbocycles. The van der Waals surface area contributed by atoms with E-state index in [4.69, 9.17) is 14.2 Å². The Hall–Kier alpha value is -3.08. The normalized spacial score (nSPS) is 12.2. The fourth-order valence-corrected chi connectivity index (χ4v) is 2.58.